The molecule has 0 radical (unpaired) electrons. The number of carbonyl (C=O) groups is 1. The highest BCUT2D eigenvalue weighted by atomic mass is 32.2. The van der Waals surface area contributed by atoms with Crippen LogP contribution in [0.2, 0.25) is 0 Å². The summed E-state index contributed by atoms with van der Waals surface area (Å²) in [6.45, 7) is 2.05. The molecule has 0 aromatic carbocycles. The average molecular weight is 404 g/mol. The van der Waals surface area contributed by atoms with Crippen LogP contribution < -0.4 is 10.2 Å². The predicted molar refractivity (Wildman–Crippen MR) is 106 cm³/mol. The van der Waals surface area contributed by atoms with Crippen LogP contribution in [-0.2, 0) is 14.8 Å². The Labute approximate surface area is 165 Å². The summed E-state index contributed by atoms with van der Waals surface area (Å²) < 4.78 is 24.6. The minimum absolute atomic E-state index is 0.117. The van der Waals surface area contributed by atoms with Gasteiger partial charge in [0.25, 0.3) is 0 Å². The molecular formula is C18H24N6O3S. The minimum atomic E-state index is -3.15. The van der Waals surface area contributed by atoms with E-state index in [0.29, 0.717) is 57.5 Å². The summed E-state index contributed by atoms with van der Waals surface area (Å²) in [5.74, 6) is 3.21. The number of piperazine rings is 1. The third kappa shape index (κ3) is 5.27. The Morgan fingerprint density at radius 3 is 2.50 bits per heavy atom. The highest BCUT2D eigenvalue weighted by molar-refractivity contribution is 7.88. The Morgan fingerprint density at radius 1 is 1.25 bits per heavy atom. The lowest BCUT2D eigenvalue weighted by molar-refractivity contribution is -0.116. The van der Waals surface area contributed by atoms with E-state index in [1.165, 1.54) is 10.6 Å². The molecule has 1 aromatic heterocycles. The lowest BCUT2D eigenvalue weighted by Gasteiger charge is -2.33. The number of hydrogen-bond acceptors (Lipinski definition) is 7. The Morgan fingerprint density at radius 2 is 1.96 bits per heavy atom. The number of hydrogen-bond donors (Lipinski definition) is 1. The summed E-state index contributed by atoms with van der Waals surface area (Å²) in [6, 6.07) is 3.62. The number of carbonyl (C=O) groups excluding carboxylic acids is 1. The van der Waals surface area contributed by atoms with E-state index in [-0.39, 0.29) is 5.91 Å². The molecule has 1 aromatic rings. The summed E-state index contributed by atoms with van der Waals surface area (Å²) >= 11 is 0. The number of nitrogens with zero attached hydrogens (tertiary/aromatic N) is 5. The number of nitrogens with one attached hydrogen (secondary N) is 1. The Balaban J connectivity index is 1.46. The molecule has 3 heterocycles. The zero-order chi connectivity index (χ0) is 20.2. The van der Waals surface area contributed by atoms with Crippen LogP contribution in [0.5, 0.6) is 0 Å². The van der Waals surface area contributed by atoms with Gasteiger partial charge in [-0.2, -0.15) is 14.5 Å². The SMILES string of the molecule is C#CCCC1(CCC(=O)Nc2ccc(N3CCN(S(C)(=O)=O)CC3)nc2)N=N1. The molecule has 0 saturated carbocycles. The Kier molecular flexibility index (Phi) is 5.96. The molecule has 3 rings (SSSR count). The first-order chi connectivity index (χ1) is 13.3. The van der Waals surface area contributed by atoms with Crippen LogP contribution in [0, 0.1) is 12.3 Å². The van der Waals surface area contributed by atoms with Crippen molar-refractivity contribution in [3.8, 4) is 12.3 Å². The van der Waals surface area contributed by atoms with Gasteiger partial charge in [-0.1, -0.05) is 0 Å². The van der Waals surface area contributed by atoms with Crippen LogP contribution in [0.1, 0.15) is 25.7 Å². The van der Waals surface area contributed by atoms with Crippen molar-refractivity contribution in [2.24, 2.45) is 10.2 Å². The zero-order valence-electron chi connectivity index (χ0n) is 15.8. The molecule has 0 spiro atoms. The lowest BCUT2D eigenvalue weighted by atomic mass is 10.0. The van der Waals surface area contributed by atoms with Crippen molar-refractivity contribution < 1.29 is 13.2 Å². The molecular weight excluding hydrogens is 380 g/mol. The van der Waals surface area contributed by atoms with Crippen molar-refractivity contribution in [2.45, 2.75) is 31.3 Å². The summed E-state index contributed by atoms with van der Waals surface area (Å²) in [5, 5.41) is 10.9. The van der Waals surface area contributed by atoms with Crippen molar-refractivity contribution in [3.05, 3.63) is 18.3 Å². The first-order valence-corrected chi connectivity index (χ1v) is 11.0. The zero-order valence-corrected chi connectivity index (χ0v) is 16.7. The molecule has 0 bridgehead atoms. The number of rotatable bonds is 8. The highest BCUT2D eigenvalue weighted by Crippen LogP contribution is 2.37. The van der Waals surface area contributed by atoms with Crippen LogP contribution in [0.4, 0.5) is 11.5 Å². The van der Waals surface area contributed by atoms with Crippen LogP contribution >= 0.6 is 0 Å². The molecule has 2 aliphatic rings. The molecule has 0 unspecified atom stereocenters. The van der Waals surface area contributed by atoms with Crippen molar-refractivity contribution in [3.63, 3.8) is 0 Å². The van der Waals surface area contributed by atoms with Gasteiger partial charge in [0.2, 0.25) is 15.9 Å². The van der Waals surface area contributed by atoms with Gasteiger partial charge < -0.3 is 10.2 Å². The van der Waals surface area contributed by atoms with Gasteiger partial charge in [-0.25, -0.2) is 13.4 Å². The smallest absolute Gasteiger partial charge is 0.224 e. The molecule has 1 amide bonds. The monoisotopic (exact) mass is 404 g/mol. The number of amides is 1. The third-order valence-corrected chi connectivity index (χ3v) is 6.17. The number of pyridine rings is 1. The first kappa shape index (κ1) is 20.2. The standard InChI is InChI=1S/C18H24N6O3S/c1-3-4-8-18(21-22-18)9-7-17(25)20-15-5-6-16(19-14-15)23-10-12-24(13-11-23)28(2,26)27/h1,5-6,14H,4,7-13H2,2H3,(H,20,25). The molecule has 1 saturated heterocycles. The van der Waals surface area contributed by atoms with Gasteiger partial charge >= 0.3 is 0 Å². The fraction of sp³-hybridized carbons (Fsp3) is 0.556. The number of terminal acetylenes is 1. The molecule has 10 heteroatoms. The van der Waals surface area contributed by atoms with Gasteiger partial charge in [-0.05, 0) is 12.1 Å². The fourth-order valence-corrected chi connectivity index (χ4v) is 3.93. The molecule has 2 aliphatic heterocycles. The summed E-state index contributed by atoms with van der Waals surface area (Å²) in [5.41, 5.74) is 0.158. The summed E-state index contributed by atoms with van der Waals surface area (Å²) in [7, 11) is -3.15. The molecule has 1 N–H and O–H groups in total. The highest BCUT2D eigenvalue weighted by Gasteiger charge is 2.39. The number of anilines is 2. The van der Waals surface area contributed by atoms with Gasteiger partial charge in [-0.3, -0.25) is 4.79 Å². The summed E-state index contributed by atoms with van der Waals surface area (Å²) in [6.07, 6.45) is 10.2. The largest absolute Gasteiger partial charge is 0.354 e. The Hall–Kier alpha value is -2.51. The van der Waals surface area contributed by atoms with Crippen LogP contribution in [0.3, 0.4) is 0 Å². The normalized spacial score (nSPS) is 18.5. The van der Waals surface area contributed by atoms with Crippen LogP contribution in [0.15, 0.2) is 28.6 Å². The fourth-order valence-electron chi connectivity index (χ4n) is 3.10. The van der Waals surface area contributed by atoms with E-state index >= 15 is 0 Å². The topological polar surface area (TPSA) is 107 Å². The van der Waals surface area contributed by atoms with Gasteiger partial charge in [0.05, 0.1) is 18.1 Å². The lowest BCUT2D eigenvalue weighted by Crippen LogP contribution is -2.48. The number of sulfonamides is 1. The van der Waals surface area contributed by atoms with Crippen molar-refractivity contribution in [2.75, 3.05) is 42.7 Å². The molecule has 1 fully saturated rings. The van der Waals surface area contributed by atoms with Crippen LogP contribution in [-0.4, -0.2) is 61.7 Å². The van der Waals surface area contributed by atoms with Crippen molar-refractivity contribution in [1.29, 1.82) is 0 Å². The molecule has 0 aliphatic carbocycles. The van der Waals surface area contributed by atoms with Crippen molar-refractivity contribution in [1.82, 2.24) is 9.29 Å². The predicted octanol–water partition coefficient (Wildman–Crippen LogP) is 1.46. The minimum Gasteiger partial charge on any atom is -0.354 e. The molecule has 9 nitrogen and oxygen atoms in total. The quantitative estimate of drug-likeness (QED) is 0.660. The van der Waals surface area contributed by atoms with Gasteiger partial charge in [-0.15, -0.1) is 12.3 Å². The molecule has 28 heavy (non-hydrogen) atoms. The van der Waals surface area contributed by atoms with Crippen LogP contribution in [0.25, 0.3) is 0 Å². The van der Waals surface area contributed by atoms with E-state index < -0.39 is 15.7 Å². The maximum absolute atomic E-state index is 12.1. The third-order valence-electron chi connectivity index (χ3n) is 4.87. The second-order valence-electron chi connectivity index (χ2n) is 6.99. The average Bonchev–Trinajstić information content (AvgIpc) is 3.45. The maximum atomic E-state index is 12.1. The van der Waals surface area contributed by atoms with Gasteiger partial charge in [0, 0.05) is 51.9 Å². The Bertz CT molecular complexity index is 877. The number of aromatic nitrogens is 1. The van der Waals surface area contributed by atoms with Gasteiger partial charge in [0.1, 0.15) is 5.82 Å². The van der Waals surface area contributed by atoms with E-state index in [2.05, 4.69) is 26.4 Å². The second kappa shape index (κ2) is 8.24. The van der Waals surface area contributed by atoms with E-state index in [1.807, 2.05) is 11.0 Å². The molecule has 150 valence electrons. The van der Waals surface area contributed by atoms with Gasteiger partial charge in [0.15, 0.2) is 5.66 Å². The van der Waals surface area contributed by atoms with E-state index in [9.17, 15) is 13.2 Å². The van der Waals surface area contributed by atoms with E-state index in [4.69, 9.17) is 6.42 Å². The van der Waals surface area contributed by atoms with Crippen molar-refractivity contribution >= 4 is 27.4 Å². The maximum Gasteiger partial charge on any atom is 0.224 e. The van der Waals surface area contributed by atoms with E-state index in [0.717, 1.165) is 5.82 Å². The van der Waals surface area contributed by atoms with E-state index in [1.54, 1.807) is 12.3 Å². The first-order valence-electron chi connectivity index (χ1n) is 9.15. The summed E-state index contributed by atoms with van der Waals surface area (Å²) in [4.78, 5) is 18.6. The molecule has 0 atom stereocenters. The second-order valence-corrected chi connectivity index (χ2v) is 8.97.